The molecule has 0 spiro atoms. The van der Waals surface area contributed by atoms with Gasteiger partial charge in [-0.05, 0) is 30.7 Å². The molecule has 92 valence electrons. The van der Waals surface area contributed by atoms with Gasteiger partial charge in [0.15, 0.2) is 0 Å². The lowest BCUT2D eigenvalue weighted by molar-refractivity contribution is -0.152. The minimum atomic E-state index is -0.885. The summed E-state index contributed by atoms with van der Waals surface area (Å²) in [5.41, 5.74) is -0.885. The van der Waals surface area contributed by atoms with Crippen molar-refractivity contribution in [3.05, 3.63) is 22.4 Å². The molecule has 0 radical (unpaired) electrons. The molecule has 1 N–H and O–H groups in total. The average molecular weight is 253 g/mol. The van der Waals surface area contributed by atoms with Crippen molar-refractivity contribution in [3.8, 4) is 0 Å². The summed E-state index contributed by atoms with van der Waals surface area (Å²) in [6.45, 7) is 0.568. The Morgan fingerprint density at radius 3 is 2.82 bits per heavy atom. The second-order valence-electron chi connectivity index (χ2n) is 4.16. The van der Waals surface area contributed by atoms with Crippen molar-refractivity contribution in [2.24, 2.45) is 5.41 Å². The Morgan fingerprint density at radius 1 is 1.53 bits per heavy atom. The Labute approximate surface area is 104 Å². The van der Waals surface area contributed by atoms with Crippen molar-refractivity contribution in [3.63, 3.8) is 0 Å². The van der Waals surface area contributed by atoms with Gasteiger partial charge >= 0.3 is 5.97 Å². The van der Waals surface area contributed by atoms with Crippen molar-refractivity contribution in [2.75, 3.05) is 13.7 Å². The van der Waals surface area contributed by atoms with E-state index in [0.717, 1.165) is 6.42 Å². The quantitative estimate of drug-likeness (QED) is 0.637. The summed E-state index contributed by atoms with van der Waals surface area (Å²) in [5.74, 6) is -0.605. The zero-order valence-electron chi connectivity index (χ0n) is 9.69. The van der Waals surface area contributed by atoms with Gasteiger partial charge in [0.05, 0.1) is 7.11 Å². The molecule has 2 rings (SSSR count). The molecule has 0 aromatic carbocycles. The number of amides is 1. The van der Waals surface area contributed by atoms with E-state index in [0.29, 0.717) is 19.4 Å². The van der Waals surface area contributed by atoms with Crippen molar-refractivity contribution in [1.82, 2.24) is 5.32 Å². The molecule has 1 aliphatic rings. The van der Waals surface area contributed by atoms with Crippen LogP contribution in [-0.4, -0.2) is 25.5 Å². The van der Waals surface area contributed by atoms with Crippen LogP contribution in [0.15, 0.2) is 17.5 Å². The van der Waals surface area contributed by atoms with E-state index < -0.39 is 11.4 Å². The number of thiophene rings is 1. The minimum absolute atomic E-state index is 0.194. The lowest BCUT2D eigenvalue weighted by atomic mass is 10.1. The van der Waals surface area contributed by atoms with Crippen LogP contribution in [0, 0.1) is 5.41 Å². The Kier molecular flexibility index (Phi) is 3.47. The highest BCUT2D eigenvalue weighted by Crippen LogP contribution is 2.46. The molecular weight excluding hydrogens is 238 g/mol. The minimum Gasteiger partial charge on any atom is -0.468 e. The predicted octanol–water partition coefficient (Wildman–Crippen LogP) is 1.36. The SMILES string of the molecule is COC(=O)C1(C(=O)NCCc2cccs2)CC1. The normalized spacial score (nSPS) is 16.3. The van der Waals surface area contributed by atoms with Gasteiger partial charge in [0.1, 0.15) is 5.41 Å². The summed E-state index contributed by atoms with van der Waals surface area (Å²) in [7, 11) is 1.32. The summed E-state index contributed by atoms with van der Waals surface area (Å²) in [5, 5.41) is 4.81. The average Bonchev–Trinajstić information content (AvgIpc) is 3.00. The summed E-state index contributed by atoms with van der Waals surface area (Å²) < 4.78 is 4.65. The molecule has 0 unspecified atom stereocenters. The van der Waals surface area contributed by atoms with Crippen LogP contribution in [-0.2, 0) is 20.7 Å². The number of rotatable bonds is 5. The van der Waals surface area contributed by atoms with E-state index in [1.165, 1.54) is 12.0 Å². The lowest BCUT2D eigenvalue weighted by Gasteiger charge is -2.12. The summed E-state index contributed by atoms with van der Waals surface area (Å²) in [4.78, 5) is 24.5. The highest BCUT2D eigenvalue weighted by atomic mass is 32.1. The lowest BCUT2D eigenvalue weighted by Crippen LogP contribution is -2.38. The molecular formula is C12H15NO3S. The number of hydrogen-bond acceptors (Lipinski definition) is 4. The van der Waals surface area contributed by atoms with Crippen LogP contribution in [0.5, 0.6) is 0 Å². The van der Waals surface area contributed by atoms with Crippen LogP contribution in [0.4, 0.5) is 0 Å². The molecule has 1 aromatic heterocycles. The monoisotopic (exact) mass is 253 g/mol. The number of hydrogen-bond donors (Lipinski definition) is 1. The maximum atomic E-state index is 11.8. The fourth-order valence-corrected chi connectivity index (χ4v) is 2.48. The van der Waals surface area contributed by atoms with Gasteiger partial charge in [-0.15, -0.1) is 11.3 Å². The maximum absolute atomic E-state index is 11.8. The van der Waals surface area contributed by atoms with Crippen LogP contribution in [0.25, 0.3) is 0 Å². The molecule has 1 heterocycles. The van der Waals surface area contributed by atoms with Crippen LogP contribution in [0.1, 0.15) is 17.7 Å². The molecule has 0 bridgehead atoms. The topological polar surface area (TPSA) is 55.4 Å². The van der Waals surface area contributed by atoms with E-state index >= 15 is 0 Å². The van der Waals surface area contributed by atoms with Gasteiger partial charge in [-0.2, -0.15) is 0 Å². The number of carbonyl (C=O) groups is 2. The second-order valence-corrected chi connectivity index (χ2v) is 5.19. The standard InChI is InChI=1S/C12H15NO3S/c1-16-11(15)12(5-6-12)10(14)13-7-4-9-3-2-8-17-9/h2-3,8H,4-7H2,1H3,(H,13,14). The first kappa shape index (κ1) is 12.1. The number of methoxy groups -OCH3 is 1. The third kappa shape index (κ3) is 2.49. The Hall–Kier alpha value is -1.36. The molecule has 1 amide bonds. The van der Waals surface area contributed by atoms with E-state index in [1.807, 2.05) is 17.5 Å². The van der Waals surface area contributed by atoms with E-state index in [-0.39, 0.29) is 5.91 Å². The molecule has 0 saturated heterocycles. The Morgan fingerprint density at radius 2 is 2.29 bits per heavy atom. The van der Waals surface area contributed by atoms with Gasteiger partial charge in [0.25, 0.3) is 0 Å². The van der Waals surface area contributed by atoms with Gasteiger partial charge in [-0.1, -0.05) is 6.07 Å². The summed E-state index contributed by atoms with van der Waals surface area (Å²) >= 11 is 1.67. The van der Waals surface area contributed by atoms with E-state index in [1.54, 1.807) is 11.3 Å². The molecule has 1 aliphatic carbocycles. The number of nitrogens with one attached hydrogen (secondary N) is 1. The van der Waals surface area contributed by atoms with Crippen LogP contribution >= 0.6 is 11.3 Å². The third-order valence-corrected chi connectivity index (χ3v) is 3.93. The zero-order chi connectivity index (χ0) is 12.3. The van der Waals surface area contributed by atoms with Crippen molar-refractivity contribution in [2.45, 2.75) is 19.3 Å². The van der Waals surface area contributed by atoms with Gasteiger partial charge in [-0.25, -0.2) is 0 Å². The van der Waals surface area contributed by atoms with Crippen molar-refractivity contribution < 1.29 is 14.3 Å². The van der Waals surface area contributed by atoms with E-state index in [9.17, 15) is 9.59 Å². The fourth-order valence-electron chi connectivity index (χ4n) is 1.77. The highest BCUT2D eigenvalue weighted by molar-refractivity contribution is 7.09. The first-order chi connectivity index (χ1) is 8.19. The van der Waals surface area contributed by atoms with E-state index in [4.69, 9.17) is 0 Å². The third-order valence-electron chi connectivity index (χ3n) is 3.00. The molecule has 1 saturated carbocycles. The Balaban J connectivity index is 1.80. The predicted molar refractivity (Wildman–Crippen MR) is 64.7 cm³/mol. The van der Waals surface area contributed by atoms with Crippen molar-refractivity contribution >= 4 is 23.2 Å². The summed E-state index contributed by atoms with van der Waals surface area (Å²) in [6, 6.07) is 4.02. The van der Waals surface area contributed by atoms with Gasteiger partial charge in [0, 0.05) is 11.4 Å². The molecule has 0 aliphatic heterocycles. The number of carbonyl (C=O) groups excluding carboxylic acids is 2. The second kappa shape index (κ2) is 4.87. The van der Waals surface area contributed by atoms with Crippen LogP contribution in [0.2, 0.25) is 0 Å². The Bertz CT molecular complexity index is 409. The molecule has 1 fully saturated rings. The van der Waals surface area contributed by atoms with Crippen LogP contribution < -0.4 is 5.32 Å². The van der Waals surface area contributed by atoms with Gasteiger partial charge < -0.3 is 10.1 Å². The first-order valence-corrected chi connectivity index (χ1v) is 6.46. The van der Waals surface area contributed by atoms with E-state index in [2.05, 4.69) is 10.1 Å². The first-order valence-electron chi connectivity index (χ1n) is 5.58. The zero-order valence-corrected chi connectivity index (χ0v) is 10.5. The molecule has 5 heteroatoms. The number of ether oxygens (including phenoxy) is 1. The van der Waals surface area contributed by atoms with Gasteiger partial charge in [-0.3, -0.25) is 9.59 Å². The highest BCUT2D eigenvalue weighted by Gasteiger charge is 2.57. The van der Waals surface area contributed by atoms with Gasteiger partial charge in [0.2, 0.25) is 5.91 Å². The molecule has 0 atom stereocenters. The van der Waals surface area contributed by atoms with Crippen molar-refractivity contribution in [1.29, 1.82) is 0 Å². The van der Waals surface area contributed by atoms with Crippen LogP contribution in [0.3, 0.4) is 0 Å². The maximum Gasteiger partial charge on any atom is 0.321 e. The smallest absolute Gasteiger partial charge is 0.321 e. The molecule has 4 nitrogen and oxygen atoms in total. The fraction of sp³-hybridized carbons (Fsp3) is 0.500. The largest absolute Gasteiger partial charge is 0.468 e. The number of esters is 1. The summed E-state index contributed by atoms with van der Waals surface area (Å²) in [6.07, 6.45) is 2.01. The molecule has 17 heavy (non-hydrogen) atoms. The molecule has 1 aromatic rings.